The maximum absolute atomic E-state index is 12.3. The second-order valence-electron chi connectivity index (χ2n) is 6.33. The quantitative estimate of drug-likeness (QED) is 0.845. The van der Waals surface area contributed by atoms with Crippen LogP contribution in [0.3, 0.4) is 0 Å². The van der Waals surface area contributed by atoms with Crippen LogP contribution in [0.5, 0.6) is 0 Å². The number of aryl methyl sites for hydroxylation is 1. The fourth-order valence-electron chi connectivity index (χ4n) is 2.78. The lowest BCUT2D eigenvalue weighted by atomic mass is 10.0. The Morgan fingerprint density at radius 3 is 2.68 bits per heavy atom. The van der Waals surface area contributed by atoms with Gasteiger partial charge in [-0.05, 0) is 38.8 Å². The normalized spacial score (nSPS) is 16.5. The first-order valence-electron chi connectivity index (χ1n) is 7.87. The Balaban J connectivity index is 1.74. The predicted molar refractivity (Wildman–Crippen MR) is 93.3 cm³/mol. The minimum Gasteiger partial charge on any atom is -0.335 e. The first kappa shape index (κ1) is 17.0. The monoisotopic (exact) mass is 321 g/mol. The summed E-state index contributed by atoms with van der Waals surface area (Å²) in [4.78, 5) is 19.0. The van der Waals surface area contributed by atoms with Gasteiger partial charge in [0.15, 0.2) is 0 Å². The Kier molecular flexibility index (Phi) is 6.03. The molecule has 122 valence electrons. The second kappa shape index (κ2) is 7.79. The molecule has 2 amide bonds. The largest absolute Gasteiger partial charge is 0.335 e. The Bertz CT molecular complexity index is 518. The molecule has 0 radical (unpaired) electrons. The maximum atomic E-state index is 12.3. The van der Waals surface area contributed by atoms with Crippen LogP contribution in [0.4, 0.5) is 4.79 Å². The van der Waals surface area contributed by atoms with Crippen LogP contribution in [0.2, 0.25) is 0 Å². The molecule has 0 saturated carbocycles. The summed E-state index contributed by atoms with van der Waals surface area (Å²) < 4.78 is 0. The molecule has 1 aliphatic rings. The highest BCUT2D eigenvalue weighted by atomic mass is 32.1. The van der Waals surface area contributed by atoms with Gasteiger partial charge in [0.05, 0.1) is 6.54 Å². The van der Waals surface area contributed by atoms with Crippen molar-refractivity contribution in [3.8, 4) is 0 Å². The van der Waals surface area contributed by atoms with Crippen molar-refractivity contribution in [2.45, 2.75) is 39.3 Å². The maximum Gasteiger partial charge on any atom is 0.317 e. The van der Waals surface area contributed by atoms with E-state index in [4.69, 9.17) is 0 Å². The van der Waals surface area contributed by atoms with Gasteiger partial charge >= 0.3 is 6.03 Å². The highest BCUT2D eigenvalue weighted by Gasteiger charge is 2.21. The second-order valence-corrected chi connectivity index (χ2v) is 7.70. The minimum absolute atomic E-state index is 0.0319. The van der Waals surface area contributed by atoms with Gasteiger partial charge in [-0.1, -0.05) is 12.2 Å². The van der Waals surface area contributed by atoms with Crippen molar-refractivity contribution in [1.82, 2.24) is 15.1 Å². The molecule has 2 heterocycles. The zero-order valence-corrected chi connectivity index (χ0v) is 14.7. The number of likely N-dealkylation sites (tertiary alicyclic amines) is 1. The topological polar surface area (TPSA) is 35.6 Å². The molecular weight excluding hydrogens is 294 g/mol. The van der Waals surface area contributed by atoms with E-state index in [1.807, 2.05) is 7.05 Å². The van der Waals surface area contributed by atoms with E-state index in [0.29, 0.717) is 12.6 Å². The van der Waals surface area contributed by atoms with E-state index in [1.165, 1.54) is 15.3 Å². The van der Waals surface area contributed by atoms with E-state index >= 15 is 0 Å². The summed E-state index contributed by atoms with van der Waals surface area (Å²) in [6.07, 6.45) is 2.04. The van der Waals surface area contributed by atoms with Gasteiger partial charge in [0.25, 0.3) is 0 Å². The van der Waals surface area contributed by atoms with Gasteiger partial charge in [-0.2, -0.15) is 0 Å². The Hall–Kier alpha value is -1.33. The summed E-state index contributed by atoms with van der Waals surface area (Å²) in [6.45, 7) is 11.8. The fraction of sp³-hybridized carbons (Fsp3) is 0.588. The van der Waals surface area contributed by atoms with E-state index in [0.717, 1.165) is 32.5 Å². The molecule has 1 saturated heterocycles. The Labute approximate surface area is 137 Å². The van der Waals surface area contributed by atoms with Crippen molar-refractivity contribution >= 4 is 17.4 Å². The number of hydrogen-bond acceptors (Lipinski definition) is 3. The van der Waals surface area contributed by atoms with Crippen LogP contribution in [0.25, 0.3) is 0 Å². The van der Waals surface area contributed by atoms with Crippen LogP contribution >= 0.6 is 11.3 Å². The molecule has 1 fully saturated rings. The van der Waals surface area contributed by atoms with E-state index in [-0.39, 0.29) is 6.03 Å². The van der Waals surface area contributed by atoms with E-state index in [2.05, 4.69) is 42.8 Å². The number of amides is 2. The Morgan fingerprint density at radius 1 is 1.45 bits per heavy atom. The van der Waals surface area contributed by atoms with Gasteiger partial charge in [0, 0.05) is 42.5 Å². The number of urea groups is 1. The third-order valence-electron chi connectivity index (χ3n) is 3.94. The molecule has 0 unspecified atom stereocenters. The molecule has 1 aromatic rings. The van der Waals surface area contributed by atoms with Crippen LogP contribution in [0.15, 0.2) is 24.3 Å². The minimum atomic E-state index is 0.0319. The molecule has 0 aromatic carbocycles. The van der Waals surface area contributed by atoms with Crippen molar-refractivity contribution in [3.05, 3.63) is 34.0 Å². The average Bonchev–Trinajstić information content (AvgIpc) is 2.85. The standard InChI is InChI=1S/C17H27N3OS/c1-13(2)11-20-9-7-15(8-10-20)18-17(21)19(4)12-16-6-5-14(3)22-16/h5-6,15H,1,7-12H2,2-4H3,(H,18,21). The summed E-state index contributed by atoms with van der Waals surface area (Å²) in [6, 6.07) is 4.52. The molecule has 0 bridgehead atoms. The number of thiophene rings is 1. The molecule has 0 spiro atoms. The van der Waals surface area contributed by atoms with Gasteiger partial charge in [-0.3, -0.25) is 4.90 Å². The smallest absolute Gasteiger partial charge is 0.317 e. The summed E-state index contributed by atoms with van der Waals surface area (Å²) in [5.41, 5.74) is 1.20. The van der Waals surface area contributed by atoms with Crippen molar-refractivity contribution in [2.75, 3.05) is 26.7 Å². The van der Waals surface area contributed by atoms with Gasteiger partial charge < -0.3 is 10.2 Å². The number of carbonyl (C=O) groups is 1. The summed E-state index contributed by atoms with van der Waals surface area (Å²) >= 11 is 1.75. The molecule has 1 aliphatic heterocycles. The third-order valence-corrected chi connectivity index (χ3v) is 4.93. The first-order chi connectivity index (χ1) is 10.4. The highest BCUT2D eigenvalue weighted by molar-refractivity contribution is 7.11. The van der Waals surface area contributed by atoms with Crippen LogP contribution in [0.1, 0.15) is 29.5 Å². The van der Waals surface area contributed by atoms with Gasteiger partial charge in [0.2, 0.25) is 0 Å². The van der Waals surface area contributed by atoms with E-state index < -0.39 is 0 Å². The van der Waals surface area contributed by atoms with Crippen LogP contribution in [-0.4, -0.2) is 48.6 Å². The molecule has 1 aromatic heterocycles. The number of carbonyl (C=O) groups excluding carboxylic acids is 1. The molecule has 4 nitrogen and oxygen atoms in total. The fourth-order valence-corrected chi connectivity index (χ4v) is 3.72. The summed E-state index contributed by atoms with van der Waals surface area (Å²) in [7, 11) is 1.86. The van der Waals surface area contributed by atoms with Crippen LogP contribution in [-0.2, 0) is 6.54 Å². The van der Waals surface area contributed by atoms with E-state index in [1.54, 1.807) is 16.2 Å². The number of nitrogens with zero attached hydrogens (tertiary/aromatic N) is 2. The van der Waals surface area contributed by atoms with Crippen molar-refractivity contribution in [3.63, 3.8) is 0 Å². The molecule has 2 rings (SSSR count). The zero-order chi connectivity index (χ0) is 16.1. The number of piperidine rings is 1. The Morgan fingerprint density at radius 2 is 2.14 bits per heavy atom. The lowest BCUT2D eigenvalue weighted by Crippen LogP contribution is -2.48. The lowest BCUT2D eigenvalue weighted by molar-refractivity contribution is 0.182. The lowest BCUT2D eigenvalue weighted by Gasteiger charge is -2.33. The van der Waals surface area contributed by atoms with Gasteiger partial charge in [-0.25, -0.2) is 4.79 Å². The van der Waals surface area contributed by atoms with Crippen molar-refractivity contribution in [1.29, 1.82) is 0 Å². The summed E-state index contributed by atoms with van der Waals surface area (Å²) in [5.74, 6) is 0. The average molecular weight is 321 g/mol. The first-order valence-corrected chi connectivity index (χ1v) is 8.69. The molecule has 0 aliphatic carbocycles. The van der Waals surface area contributed by atoms with Crippen LogP contribution < -0.4 is 5.32 Å². The predicted octanol–water partition coefficient (Wildman–Crippen LogP) is 3.24. The SMILES string of the molecule is C=C(C)CN1CCC(NC(=O)N(C)Cc2ccc(C)s2)CC1. The molecule has 0 atom stereocenters. The van der Waals surface area contributed by atoms with E-state index in [9.17, 15) is 4.79 Å². The zero-order valence-electron chi connectivity index (χ0n) is 13.9. The number of hydrogen-bond donors (Lipinski definition) is 1. The van der Waals surface area contributed by atoms with Crippen molar-refractivity contribution in [2.24, 2.45) is 0 Å². The van der Waals surface area contributed by atoms with Gasteiger partial charge in [-0.15, -0.1) is 11.3 Å². The molecular formula is C17H27N3OS. The third kappa shape index (κ3) is 5.14. The number of rotatable bonds is 5. The van der Waals surface area contributed by atoms with Crippen molar-refractivity contribution < 1.29 is 4.79 Å². The molecule has 5 heteroatoms. The summed E-state index contributed by atoms with van der Waals surface area (Å²) in [5, 5.41) is 3.16. The number of nitrogens with one attached hydrogen (secondary N) is 1. The molecule has 22 heavy (non-hydrogen) atoms. The van der Waals surface area contributed by atoms with Gasteiger partial charge in [0.1, 0.15) is 0 Å². The van der Waals surface area contributed by atoms with Crippen LogP contribution in [0, 0.1) is 6.92 Å². The molecule has 1 N–H and O–H groups in total. The highest BCUT2D eigenvalue weighted by Crippen LogP contribution is 2.17.